The third-order valence-electron chi connectivity index (χ3n) is 5.40. The molecule has 8 nitrogen and oxygen atoms in total. The van der Waals surface area contributed by atoms with Crippen molar-refractivity contribution in [1.29, 1.82) is 5.26 Å². The van der Waals surface area contributed by atoms with Gasteiger partial charge in [0.25, 0.3) is 17.5 Å². The highest BCUT2D eigenvalue weighted by atomic mass is 16.6. The number of carbonyl (C=O) groups is 2. The van der Waals surface area contributed by atoms with Crippen LogP contribution in [0.25, 0.3) is 0 Å². The molecule has 1 aromatic rings. The first-order valence-electron chi connectivity index (χ1n) is 8.30. The molecule has 0 N–H and O–H groups in total. The van der Waals surface area contributed by atoms with Crippen LogP contribution in [0.5, 0.6) is 0 Å². The highest BCUT2D eigenvalue weighted by Crippen LogP contribution is 2.49. The van der Waals surface area contributed by atoms with E-state index in [4.69, 9.17) is 5.26 Å². The smallest absolute Gasteiger partial charge is 0.272 e. The number of nitriles is 1. The number of benzene rings is 1. The Morgan fingerprint density at radius 1 is 1.19 bits per heavy atom. The van der Waals surface area contributed by atoms with E-state index in [2.05, 4.69) is 5.10 Å². The number of nitro benzene ring substituents is 1. The zero-order valence-corrected chi connectivity index (χ0v) is 13.6. The molecule has 2 fully saturated rings. The SMILES string of the molecule is N#Cc1ccc(/C=N\N2C(=O)[C@@H]3[C@H](C2=O)[C@@H]2C=C[C@@H]3CC2)c([N+](=O)[O-])c1. The number of fused-ring (bicyclic) bond motifs is 1. The lowest BCUT2D eigenvalue weighted by Gasteiger charge is -2.37. The van der Waals surface area contributed by atoms with Crippen LogP contribution in [0.4, 0.5) is 5.69 Å². The zero-order chi connectivity index (χ0) is 18.4. The Hall–Kier alpha value is -3.34. The van der Waals surface area contributed by atoms with Gasteiger partial charge in [-0.15, -0.1) is 0 Å². The largest absolute Gasteiger partial charge is 0.279 e. The molecule has 0 spiro atoms. The first-order valence-corrected chi connectivity index (χ1v) is 8.30. The Bertz CT molecular complexity index is 898. The Balaban J connectivity index is 1.64. The average Bonchev–Trinajstić information content (AvgIpc) is 2.93. The molecule has 0 aromatic heterocycles. The molecule has 1 aromatic carbocycles. The Labute approximate surface area is 148 Å². The third kappa shape index (κ3) is 2.32. The Morgan fingerprint density at radius 2 is 1.81 bits per heavy atom. The van der Waals surface area contributed by atoms with Crippen molar-refractivity contribution in [1.82, 2.24) is 5.01 Å². The number of nitrogens with zero attached hydrogens (tertiary/aromatic N) is 4. The number of hydrazone groups is 1. The molecule has 2 amide bonds. The lowest BCUT2D eigenvalue weighted by molar-refractivity contribution is -0.385. The monoisotopic (exact) mass is 350 g/mol. The third-order valence-corrected chi connectivity index (χ3v) is 5.40. The van der Waals surface area contributed by atoms with E-state index in [1.807, 2.05) is 18.2 Å². The van der Waals surface area contributed by atoms with Crippen molar-refractivity contribution in [2.75, 3.05) is 0 Å². The van der Waals surface area contributed by atoms with Crippen LogP contribution < -0.4 is 0 Å². The van der Waals surface area contributed by atoms with Gasteiger partial charge < -0.3 is 0 Å². The lowest BCUT2D eigenvalue weighted by atomic mass is 9.63. The van der Waals surface area contributed by atoms with E-state index in [0.29, 0.717) is 0 Å². The summed E-state index contributed by atoms with van der Waals surface area (Å²) < 4.78 is 0. The van der Waals surface area contributed by atoms with Crippen LogP contribution in [-0.2, 0) is 9.59 Å². The van der Waals surface area contributed by atoms with Crippen LogP contribution in [0.1, 0.15) is 24.0 Å². The summed E-state index contributed by atoms with van der Waals surface area (Å²) in [7, 11) is 0. The average molecular weight is 350 g/mol. The van der Waals surface area contributed by atoms with E-state index < -0.39 is 4.92 Å². The first kappa shape index (κ1) is 16.1. The van der Waals surface area contributed by atoms with Gasteiger partial charge in [0.1, 0.15) is 0 Å². The first-order chi connectivity index (χ1) is 12.5. The number of allylic oxidation sites excluding steroid dienone is 2. The fourth-order valence-corrected chi connectivity index (χ4v) is 4.17. The van der Waals surface area contributed by atoms with Gasteiger partial charge in [0.15, 0.2) is 0 Å². The van der Waals surface area contributed by atoms with Crippen LogP contribution in [-0.4, -0.2) is 28.0 Å². The Kier molecular flexibility index (Phi) is 3.65. The summed E-state index contributed by atoms with van der Waals surface area (Å²) in [6, 6.07) is 5.78. The topological polar surface area (TPSA) is 117 Å². The second-order valence-electron chi connectivity index (χ2n) is 6.72. The molecule has 4 atom stereocenters. The molecule has 8 heteroatoms. The van der Waals surface area contributed by atoms with Gasteiger partial charge in [-0.25, -0.2) is 0 Å². The summed E-state index contributed by atoms with van der Waals surface area (Å²) >= 11 is 0. The highest BCUT2D eigenvalue weighted by Gasteiger charge is 2.56. The number of rotatable bonds is 3. The number of hydrogen-bond acceptors (Lipinski definition) is 6. The molecule has 3 aliphatic carbocycles. The van der Waals surface area contributed by atoms with E-state index in [1.54, 1.807) is 0 Å². The van der Waals surface area contributed by atoms with E-state index in [0.717, 1.165) is 30.1 Å². The summed E-state index contributed by atoms with van der Waals surface area (Å²) in [6.07, 6.45) is 6.94. The molecule has 26 heavy (non-hydrogen) atoms. The van der Waals surface area contributed by atoms with E-state index >= 15 is 0 Å². The van der Waals surface area contributed by atoms with Gasteiger partial charge in [0.2, 0.25) is 0 Å². The van der Waals surface area contributed by atoms with E-state index in [1.165, 1.54) is 12.1 Å². The molecule has 0 unspecified atom stereocenters. The zero-order valence-electron chi connectivity index (χ0n) is 13.6. The fraction of sp³-hybridized carbons (Fsp3) is 0.333. The van der Waals surface area contributed by atoms with Crippen molar-refractivity contribution in [2.45, 2.75) is 12.8 Å². The van der Waals surface area contributed by atoms with Crippen LogP contribution in [0.15, 0.2) is 35.5 Å². The number of amides is 2. The van der Waals surface area contributed by atoms with Crippen molar-refractivity contribution in [2.24, 2.45) is 28.8 Å². The second-order valence-corrected chi connectivity index (χ2v) is 6.72. The normalized spacial score (nSPS) is 29.3. The summed E-state index contributed by atoms with van der Waals surface area (Å²) in [5, 5.41) is 24.9. The number of hydrogen-bond donors (Lipinski definition) is 0. The molecule has 1 heterocycles. The maximum absolute atomic E-state index is 12.7. The maximum Gasteiger partial charge on any atom is 0.279 e. The van der Waals surface area contributed by atoms with Crippen molar-refractivity contribution in [3.05, 3.63) is 51.6 Å². The Morgan fingerprint density at radius 3 is 2.31 bits per heavy atom. The minimum Gasteiger partial charge on any atom is -0.272 e. The molecule has 1 saturated carbocycles. The minimum atomic E-state index is -0.625. The highest BCUT2D eigenvalue weighted by molar-refractivity contribution is 6.06. The van der Waals surface area contributed by atoms with Gasteiger partial charge in [0, 0.05) is 6.07 Å². The van der Waals surface area contributed by atoms with Gasteiger partial charge in [-0.2, -0.15) is 15.4 Å². The minimum absolute atomic E-state index is 0.0610. The molecule has 1 saturated heterocycles. The standard InChI is InChI=1S/C18H14N4O4/c19-8-10-1-2-13(14(7-10)22(25)26)9-20-21-17(23)15-11-3-4-12(6-5-11)16(15)18(21)24/h1-4,7,9,11-12,15-16H,5-6H2/b20-9-/t11-,12-,15-,16+/m1/s1. The number of carbonyl (C=O) groups excluding carboxylic acids is 2. The van der Waals surface area contributed by atoms with Gasteiger partial charge in [0.05, 0.1) is 40.2 Å². The van der Waals surface area contributed by atoms with Gasteiger partial charge >= 0.3 is 0 Å². The van der Waals surface area contributed by atoms with Gasteiger partial charge in [-0.05, 0) is 36.8 Å². The molecule has 5 rings (SSSR count). The molecule has 1 aliphatic heterocycles. The van der Waals surface area contributed by atoms with Crippen molar-refractivity contribution in [3.63, 3.8) is 0 Å². The lowest BCUT2D eigenvalue weighted by Crippen LogP contribution is -2.38. The van der Waals surface area contributed by atoms with Crippen molar-refractivity contribution >= 4 is 23.7 Å². The molecular weight excluding hydrogens is 336 g/mol. The van der Waals surface area contributed by atoms with Crippen LogP contribution in [0, 0.1) is 45.1 Å². The second kappa shape index (κ2) is 5.88. The van der Waals surface area contributed by atoms with Gasteiger partial charge in [-0.3, -0.25) is 19.7 Å². The van der Waals surface area contributed by atoms with Crippen LogP contribution in [0.2, 0.25) is 0 Å². The molecule has 130 valence electrons. The predicted molar refractivity (Wildman–Crippen MR) is 89.6 cm³/mol. The maximum atomic E-state index is 12.7. The molecule has 4 aliphatic rings. The summed E-state index contributed by atoms with van der Waals surface area (Å²) in [4.78, 5) is 35.9. The van der Waals surface area contributed by atoms with Gasteiger partial charge in [-0.1, -0.05) is 12.2 Å². The predicted octanol–water partition coefficient (Wildman–Crippen LogP) is 2.00. The van der Waals surface area contributed by atoms with Crippen molar-refractivity contribution in [3.8, 4) is 6.07 Å². The quantitative estimate of drug-likeness (QED) is 0.272. The van der Waals surface area contributed by atoms with Crippen LogP contribution >= 0.6 is 0 Å². The van der Waals surface area contributed by atoms with E-state index in [-0.39, 0.29) is 52.3 Å². The molecule has 2 bridgehead atoms. The number of imide groups is 1. The molecule has 0 radical (unpaired) electrons. The summed E-state index contributed by atoms with van der Waals surface area (Å²) in [6.45, 7) is 0. The number of nitro groups is 1. The van der Waals surface area contributed by atoms with Crippen molar-refractivity contribution < 1.29 is 14.5 Å². The fourth-order valence-electron chi connectivity index (χ4n) is 4.17. The molecular formula is C18H14N4O4. The van der Waals surface area contributed by atoms with Crippen LogP contribution in [0.3, 0.4) is 0 Å². The van der Waals surface area contributed by atoms with E-state index in [9.17, 15) is 19.7 Å². The summed E-state index contributed by atoms with van der Waals surface area (Å²) in [5.74, 6) is -1.31. The summed E-state index contributed by atoms with van der Waals surface area (Å²) in [5.41, 5.74) is -0.0209.